The second kappa shape index (κ2) is 15.4. The van der Waals surface area contributed by atoms with Crippen LogP contribution in [0.3, 0.4) is 0 Å². The van der Waals surface area contributed by atoms with Crippen LogP contribution in [-0.2, 0) is 32.6 Å². The van der Waals surface area contributed by atoms with Gasteiger partial charge in [0, 0.05) is 23.5 Å². The largest absolute Gasteiger partial charge is 0.352 e. The van der Waals surface area contributed by atoms with Gasteiger partial charge in [0.05, 0.1) is 10.6 Å². The normalized spacial score (nSPS) is 12.6. The summed E-state index contributed by atoms with van der Waals surface area (Å²) in [6.07, 6.45) is 0.987. The number of benzene rings is 4. The first-order chi connectivity index (χ1) is 21.5. The summed E-state index contributed by atoms with van der Waals surface area (Å²) in [4.78, 5) is 30.1. The number of hydrogen-bond acceptors (Lipinski definition) is 4. The molecule has 0 spiro atoms. The quantitative estimate of drug-likeness (QED) is 0.167. The summed E-state index contributed by atoms with van der Waals surface area (Å²) in [5, 5.41) is 3.06. The van der Waals surface area contributed by atoms with E-state index in [1.807, 2.05) is 94.4 Å². The van der Waals surface area contributed by atoms with Gasteiger partial charge in [0.15, 0.2) is 0 Å². The standard InChI is InChI=1S/C36H40BrN3O4S/c1-5-28(4)38-36(42)34(23-29-12-8-6-9-13-29)39(24-30-17-19-31(37)20-18-30)35(41)25-40(33-21-16-26(2)22-27(33)3)45(43,44)32-14-10-7-11-15-32/h6-22,28,34H,5,23-25H2,1-4H3,(H,38,42)/t28-,34+/m1/s1. The van der Waals surface area contributed by atoms with Crippen LogP contribution in [0.4, 0.5) is 5.69 Å². The second-order valence-corrected chi connectivity index (χ2v) is 14.1. The molecular weight excluding hydrogens is 650 g/mol. The maximum atomic E-state index is 14.6. The number of hydrogen-bond donors (Lipinski definition) is 1. The first-order valence-corrected chi connectivity index (χ1v) is 17.3. The Morgan fingerprint density at radius 2 is 1.47 bits per heavy atom. The fraction of sp³-hybridized carbons (Fsp3) is 0.278. The minimum atomic E-state index is -4.15. The molecule has 0 aliphatic rings. The van der Waals surface area contributed by atoms with Crippen molar-refractivity contribution in [1.82, 2.24) is 10.2 Å². The lowest BCUT2D eigenvalue weighted by atomic mass is 10.0. The molecule has 0 aliphatic carbocycles. The number of carbonyl (C=O) groups is 2. The third-order valence-electron chi connectivity index (χ3n) is 7.77. The number of amides is 2. The Hall–Kier alpha value is -3.95. The summed E-state index contributed by atoms with van der Waals surface area (Å²) in [5.41, 5.74) is 3.80. The molecule has 0 bridgehead atoms. The zero-order chi connectivity index (χ0) is 32.6. The van der Waals surface area contributed by atoms with E-state index < -0.39 is 28.5 Å². The van der Waals surface area contributed by atoms with E-state index in [4.69, 9.17) is 0 Å². The Balaban J connectivity index is 1.82. The van der Waals surface area contributed by atoms with Gasteiger partial charge in [0.25, 0.3) is 10.0 Å². The van der Waals surface area contributed by atoms with E-state index in [0.717, 1.165) is 33.1 Å². The van der Waals surface area contributed by atoms with Gasteiger partial charge in [-0.2, -0.15) is 0 Å². The SMILES string of the molecule is CC[C@@H](C)NC(=O)[C@H](Cc1ccccc1)N(Cc1ccc(Br)cc1)C(=O)CN(c1ccc(C)cc1C)S(=O)(=O)c1ccccc1. The van der Waals surface area contributed by atoms with Crippen molar-refractivity contribution in [2.75, 3.05) is 10.8 Å². The maximum Gasteiger partial charge on any atom is 0.264 e. The predicted octanol–water partition coefficient (Wildman–Crippen LogP) is 6.82. The van der Waals surface area contributed by atoms with Gasteiger partial charge < -0.3 is 10.2 Å². The molecule has 0 saturated carbocycles. The van der Waals surface area contributed by atoms with Crippen LogP contribution < -0.4 is 9.62 Å². The molecule has 0 heterocycles. The van der Waals surface area contributed by atoms with E-state index in [1.165, 1.54) is 21.3 Å². The summed E-state index contributed by atoms with van der Waals surface area (Å²) < 4.78 is 30.4. The summed E-state index contributed by atoms with van der Waals surface area (Å²) >= 11 is 3.47. The van der Waals surface area contributed by atoms with E-state index in [-0.39, 0.29) is 29.8 Å². The average molecular weight is 691 g/mol. The topological polar surface area (TPSA) is 86.8 Å². The number of aryl methyl sites for hydroxylation is 2. The highest BCUT2D eigenvalue weighted by Gasteiger charge is 2.35. The van der Waals surface area contributed by atoms with Crippen molar-refractivity contribution >= 4 is 43.5 Å². The van der Waals surface area contributed by atoms with Crippen molar-refractivity contribution in [1.29, 1.82) is 0 Å². The van der Waals surface area contributed by atoms with Crippen LogP contribution in [0, 0.1) is 13.8 Å². The molecule has 9 heteroatoms. The van der Waals surface area contributed by atoms with Crippen molar-refractivity contribution < 1.29 is 18.0 Å². The highest BCUT2D eigenvalue weighted by atomic mass is 79.9. The molecule has 7 nitrogen and oxygen atoms in total. The number of nitrogens with one attached hydrogen (secondary N) is 1. The first kappa shape index (κ1) is 33.9. The lowest BCUT2D eigenvalue weighted by Crippen LogP contribution is -2.54. The molecule has 2 atom stereocenters. The van der Waals surface area contributed by atoms with E-state index in [0.29, 0.717) is 5.69 Å². The molecule has 4 rings (SSSR count). The van der Waals surface area contributed by atoms with E-state index in [2.05, 4.69) is 21.2 Å². The fourth-order valence-corrected chi connectivity index (χ4v) is 6.86. The zero-order valence-corrected chi connectivity index (χ0v) is 28.5. The molecule has 45 heavy (non-hydrogen) atoms. The first-order valence-electron chi connectivity index (χ1n) is 15.0. The second-order valence-electron chi connectivity index (χ2n) is 11.3. The van der Waals surface area contributed by atoms with Crippen molar-refractivity contribution in [2.45, 2.75) is 64.1 Å². The summed E-state index contributed by atoms with van der Waals surface area (Å²) in [6, 6.07) is 29.6. The van der Waals surface area contributed by atoms with Crippen molar-refractivity contribution in [3.05, 3.63) is 130 Å². The lowest BCUT2D eigenvalue weighted by Gasteiger charge is -2.34. The molecule has 4 aromatic carbocycles. The van der Waals surface area contributed by atoms with Crippen LogP contribution >= 0.6 is 15.9 Å². The summed E-state index contributed by atoms with van der Waals surface area (Å²) in [5.74, 6) is -0.778. The van der Waals surface area contributed by atoms with Crippen LogP contribution in [0.1, 0.15) is 42.5 Å². The van der Waals surface area contributed by atoms with E-state index in [9.17, 15) is 18.0 Å². The monoisotopic (exact) mass is 689 g/mol. The van der Waals surface area contributed by atoms with Gasteiger partial charge in [-0.25, -0.2) is 8.42 Å². The molecule has 0 aromatic heterocycles. The van der Waals surface area contributed by atoms with Crippen LogP contribution in [0.25, 0.3) is 0 Å². The highest BCUT2D eigenvalue weighted by molar-refractivity contribution is 9.10. The number of sulfonamides is 1. The van der Waals surface area contributed by atoms with Gasteiger partial charge in [-0.3, -0.25) is 13.9 Å². The van der Waals surface area contributed by atoms with Crippen molar-refractivity contribution in [2.24, 2.45) is 0 Å². The van der Waals surface area contributed by atoms with Crippen LogP contribution in [0.2, 0.25) is 0 Å². The van der Waals surface area contributed by atoms with Crippen LogP contribution in [0.5, 0.6) is 0 Å². The van der Waals surface area contributed by atoms with E-state index in [1.54, 1.807) is 24.3 Å². The van der Waals surface area contributed by atoms with Gasteiger partial charge in [-0.15, -0.1) is 0 Å². The predicted molar refractivity (Wildman–Crippen MR) is 183 cm³/mol. The molecule has 2 amide bonds. The van der Waals surface area contributed by atoms with Gasteiger partial charge in [-0.1, -0.05) is 101 Å². The number of anilines is 1. The molecule has 4 aromatic rings. The molecule has 236 valence electrons. The fourth-order valence-electron chi connectivity index (χ4n) is 5.10. The minimum Gasteiger partial charge on any atom is -0.352 e. The Kier molecular flexibility index (Phi) is 11.6. The molecular formula is C36H40BrN3O4S. The smallest absolute Gasteiger partial charge is 0.264 e. The molecule has 0 unspecified atom stereocenters. The van der Waals surface area contributed by atoms with Gasteiger partial charge in [0.1, 0.15) is 12.6 Å². The minimum absolute atomic E-state index is 0.0765. The molecule has 0 radical (unpaired) electrons. The number of nitrogens with zero attached hydrogens (tertiary/aromatic N) is 2. The Bertz CT molecular complexity index is 1700. The van der Waals surface area contributed by atoms with Crippen molar-refractivity contribution in [3.8, 4) is 0 Å². The lowest BCUT2D eigenvalue weighted by molar-refractivity contribution is -0.140. The van der Waals surface area contributed by atoms with Gasteiger partial charge in [0.2, 0.25) is 11.8 Å². The number of halogens is 1. The zero-order valence-electron chi connectivity index (χ0n) is 26.1. The third-order valence-corrected chi connectivity index (χ3v) is 10.1. The van der Waals surface area contributed by atoms with Crippen molar-refractivity contribution in [3.63, 3.8) is 0 Å². The summed E-state index contributed by atoms with van der Waals surface area (Å²) in [6.45, 7) is 7.30. The highest BCUT2D eigenvalue weighted by Crippen LogP contribution is 2.28. The maximum absolute atomic E-state index is 14.6. The van der Waals surface area contributed by atoms with Gasteiger partial charge >= 0.3 is 0 Å². The van der Waals surface area contributed by atoms with E-state index >= 15 is 0 Å². The number of carbonyl (C=O) groups excluding carboxylic acids is 2. The Morgan fingerprint density at radius 3 is 2.07 bits per heavy atom. The molecule has 0 saturated heterocycles. The molecule has 0 aliphatic heterocycles. The third kappa shape index (κ3) is 8.83. The number of rotatable bonds is 13. The average Bonchev–Trinajstić information content (AvgIpc) is 3.03. The molecule has 0 fully saturated rings. The van der Waals surface area contributed by atoms with Gasteiger partial charge in [-0.05, 0) is 74.2 Å². The van der Waals surface area contributed by atoms with Crippen LogP contribution in [0.15, 0.2) is 112 Å². The van der Waals surface area contributed by atoms with Crippen LogP contribution in [-0.4, -0.2) is 43.8 Å². The molecule has 1 N–H and O–H groups in total. The Morgan fingerprint density at radius 1 is 0.844 bits per heavy atom. The summed E-state index contributed by atoms with van der Waals surface area (Å²) in [7, 11) is -4.15. The Labute approximate surface area is 275 Å².